The van der Waals surface area contributed by atoms with Gasteiger partial charge in [0.05, 0.1) is 0 Å². The van der Waals surface area contributed by atoms with E-state index in [1.54, 1.807) is 5.92 Å². The van der Waals surface area contributed by atoms with Gasteiger partial charge >= 0.3 is 32.7 Å². The third-order valence-electron chi connectivity index (χ3n) is 1.81. The smallest absolute Gasteiger partial charge is 0.314 e. The first-order valence-corrected chi connectivity index (χ1v) is 2.63. The van der Waals surface area contributed by atoms with Crippen molar-refractivity contribution < 1.29 is 32.7 Å². The molecule has 0 heterocycles. The first-order chi connectivity index (χ1) is 2.80. The summed E-state index contributed by atoms with van der Waals surface area (Å²) in [7, 11) is 0. The maximum absolute atomic E-state index is 2.29. The molecular weight excluding hydrogens is 161 g/mol. The topological polar surface area (TPSA) is 0 Å². The molecule has 1 atom stereocenters. The second-order valence-electron chi connectivity index (χ2n) is 2.29. The molecule has 0 nitrogen and oxygen atoms in total. The van der Waals surface area contributed by atoms with Crippen LogP contribution in [0, 0.1) is 11.8 Å². The zero-order valence-electron chi connectivity index (χ0n) is 5.07. The summed E-state index contributed by atoms with van der Waals surface area (Å²) >= 11 is 0. The van der Waals surface area contributed by atoms with Gasteiger partial charge in [0.1, 0.15) is 0 Å². The van der Waals surface area contributed by atoms with Gasteiger partial charge in [-0.2, -0.15) is 19.3 Å². The predicted molar refractivity (Wildman–Crippen MR) is 27.3 cm³/mol. The van der Waals surface area contributed by atoms with Crippen molar-refractivity contribution in [1.29, 1.82) is 0 Å². The zero-order valence-corrected chi connectivity index (χ0v) is 7.91. The normalized spacial score (nSPS) is 30.9. The third-order valence-corrected chi connectivity index (χ3v) is 1.81. The van der Waals surface area contributed by atoms with Crippen molar-refractivity contribution in [2.75, 3.05) is 0 Å². The molecule has 0 aromatic heterocycles. The Hall–Kier alpha value is 1.10. The van der Waals surface area contributed by atoms with Gasteiger partial charge in [0.2, 0.25) is 0 Å². The van der Waals surface area contributed by atoms with Crippen LogP contribution in [0.2, 0.25) is 0 Å². The van der Waals surface area contributed by atoms with Gasteiger partial charge in [0, 0.05) is 0 Å². The fourth-order valence-electron chi connectivity index (χ4n) is 0.722. The summed E-state index contributed by atoms with van der Waals surface area (Å²) in [6.07, 6.45) is 2.83. The average molecular weight is 172 g/mol. The monoisotopic (exact) mass is 172 g/mol. The van der Waals surface area contributed by atoms with Crippen molar-refractivity contribution in [1.82, 2.24) is 0 Å². The molecule has 0 radical (unpaired) electrons. The van der Waals surface area contributed by atoms with Crippen LogP contribution < -0.4 is 0 Å². The molecule has 36 valence electrons. The summed E-state index contributed by atoms with van der Waals surface area (Å²) in [5, 5.41) is 0. The quantitative estimate of drug-likeness (QED) is 0.490. The molecule has 0 N–H and O–H groups in total. The fourth-order valence-corrected chi connectivity index (χ4v) is 0.722. The van der Waals surface area contributed by atoms with Gasteiger partial charge in [-0.25, -0.2) is 0 Å². The van der Waals surface area contributed by atoms with Crippen molar-refractivity contribution in [2.45, 2.75) is 26.7 Å². The Labute approximate surface area is 70.9 Å². The van der Waals surface area contributed by atoms with E-state index >= 15 is 0 Å². The Balaban J connectivity index is 0.000000360. The molecule has 0 aromatic rings. The summed E-state index contributed by atoms with van der Waals surface area (Å²) in [6.45, 7) is 4.53. The van der Waals surface area contributed by atoms with Gasteiger partial charge < -0.3 is 5.92 Å². The number of rotatable bonds is 0. The van der Waals surface area contributed by atoms with Crippen molar-refractivity contribution in [3.05, 3.63) is 5.92 Å². The van der Waals surface area contributed by atoms with Gasteiger partial charge in [-0.15, -0.1) is 6.42 Å². The molecule has 1 saturated carbocycles. The van der Waals surface area contributed by atoms with Gasteiger partial charge in [-0.1, -0.05) is 6.92 Å². The molecule has 1 aliphatic carbocycles. The Bertz CT molecular complexity index is 44.1. The van der Waals surface area contributed by atoms with E-state index in [0.29, 0.717) is 0 Å². The van der Waals surface area contributed by atoms with Crippen LogP contribution in [-0.4, -0.2) is 0 Å². The van der Waals surface area contributed by atoms with E-state index in [2.05, 4.69) is 13.8 Å². The molecular formula is C6H11Y+2. The molecule has 0 aliphatic heterocycles. The molecule has 0 bridgehead atoms. The van der Waals surface area contributed by atoms with Crippen LogP contribution in [0.15, 0.2) is 0 Å². The minimum absolute atomic E-state index is 0. The number of hydrogen-bond donors (Lipinski definition) is 0. The maximum atomic E-state index is 2.29. The van der Waals surface area contributed by atoms with Crippen LogP contribution in [0.25, 0.3) is 0 Å². The van der Waals surface area contributed by atoms with Gasteiger partial charge in [0.25, 0.3) is 0 Å². The van der Waals surface area contributed by atoms with Gasteiger partial charge in [-0.05, 0) is 0 Å². The van der Waals surface area contributed by atoms with E-state index in [0.717, 1.165) is 5.92 Å². The van der Waals surface area contributed by atoms with Crippen LogP contribution in [0.5, 0.6) is 0 Å². The summed E-state index contributed by atoms with van der Waals surface area (Å²) in [4.78, 5) is 0. The molecule has 1 unspecified atom stereocenters. The van der Waals surface area contributed by atoms with Crippen LogP contribution in [-0.2, 0) is 32.7 Å². The zero-order chi connectivity index (χ0) is 4.57. The average Bonchev–Trinajstić information content (AvgIpc) is 1.61. The molecule has 1 fully saturated rings. The standard InChI is InChI=1S/C6H11.Y/c1-5-3-4-6(5)2;/h5H,3-4H2,1-2H3;/q-1;+3. The Morgan fingerprint density at radius 2 is 2.00 bits per heavy atom. The van der Waals surface area contributed by atoms with Gasteiger partial charge in [0.15, 0.2) is 0 Å². The molecule has 0 saturated heterocycles. The second-order valence-corrected chi connectivity index (χ2v) is 2.29. The molecule has 7 heavy (non-hydrogen) atoms. The molecule has 0 amide bonds. The Kier molecular flexibility index (Phi) is 3.70. The first-order valence-electron chi connectivity index (χ1n) is 2.63. The largest absolute Gasteiger partial charge is 3.00 e. The van der Waals surface area contributed by atoms with Crippen molar-refractivity contribution in [2.24, 2.45) is 5.92 Å². The van der Waals surface area contributed by atoms with E-state index in [1.165, 1.54) is 12.8 Å². The molecule has 0 aromatic carbocycles. The summed E-state index contributed by atoms with van der Waals surface area (Å²) in [5.41, 5.74) is 0. The third kappa shape index (κ3) is 1.81. The summed E-state index contributed by atoms with van der Waals surface area (Å²) < 4.78 is 0. The minimum Gasteiger partial charge on any atom is -0.314 e. The minimum atomic E-state index is 0. The van der Waals surface area contributed by atoms with Crippen LogP contribution in [0.1, 0.15) is 26.7 Å². The van der Waals surface area contributed by atoms with Crippen molar-refractivity contribution in [3.63, 3.8) is 0 Å². The number of hydrogen-bond acceptors (Lipinski definition) is 0. The van der Waals surface area contributed by atoms with E-state index in [9.17, 15) is 0 Å². The summed E-state index contributed by atoms with van der Waals surface area (Å²) in [6, 6.07) is 0. The second kappa shape index (κ2) is 3.19. The first kappa shape index (κ1) is 8.10. The van der Waals surface area contributed by atoms with Crippen molar-refractivity contribution >= 4 is 0 Å². The van der Waals surface area contributed by atoms with Crippen LogP contribution in [0.4, 0.5) is 0 Å². The van der Waals surface area contributed by atoms with E-state index in [1.807, 2.05) is 0 Å². The maximum Gasteiger partial charge on any atom is 3.00 e. The molecule has 1 rings (SSSR count). The fraction of sp³-hybridized carbons (Fsp3) is 0.833. The molecule has 0 spiro atoms. The van der Waals surface area contributed by atoms with Gasteiger partial charge in [-0.3, -0.25) is 0 Å². The van der Waals surface area contributed by atoms with E-state index in [-0.39, 0.29) is 32.7 Å². The summed E-state index contributed by atoms with van der Waals surface area (Å²) in [5.74, 6) is 2.64. The van der Waals surface area contributed by atoms with E-state index < -0.39 is 0 Å². The molecule has 1 heteroatoms. The predicted octanol–water partition coefficient (Wildman–Crippen LogP) is 2.01. The van der Waals surface area contributed by atoms with Crippen LogP contribution >= 0.6 is 0 Å². The van der Waals surface area contributed by atoms with Crippen molar-refractivity contribution in [3.8, 4) is 0 Å². The Morgan fingerprint density at radius 1 is 1.57 bits per heavy atom. The molecule has 1 aliphatic rings. The Morgan fingerprint density at radius 3 is 2.00 bits per heavy atom. The SMILES string of the molecule is C[C-]1CCC1C.[Y+3]. The van der Waals surface area contributed by atoms with E-state index in [4.69, 9.17) is 0 Å². The van der Waals surface area contributed by atoms with Crippen LogP contribution in [0.3, 0.4) is 0 Å².